The summed E-state index contributed by atoms with van der Waals surface area (Å²) in [6.45, 7) is 0.936. The van der Waals surface area contributed by atoms with Crippen LogP contribution in [-0.4, -0.2) is 11.9 Å². The molecule has 1 aliphatic carbocycles. The SMILES string of the molecule is O=C(CCC1NCc2ccccc21)NC1CCCC1. The smallest absolute Gasteiger partial charge is 0.220 e. The Hall–Kier alpha value is -1.35. The number of hydrogen-bond donors (Lipinski definition) is 2. The van der Waals surface area contributed by atoms with Crippen LogP contribution in [0.3, 0.4) is 0 Å². The molecule has 3 nitrogen and oxygen atoms in total. The highest BCUT2D eigenvalue weighted by atomic mass is 16.1. The summed E-state index contributed by atoms with van der Waals surface area (Å²) in [6.07, 6.45) is 6.38. The van der Waals surface area contributed by atoms with Gasteiger partial charge >= 0.3 is 0 Å². The van der Waals surface area contributed by atoms with Crippen molar-refractivity contribution >= 4 is 5.91 Å². The molecule has 1 unspecified atom stereocenters. The molecule has 1 amide bonds. The van der Waals surface area contributed by atoms with Crippen molar-refractivity contribution in [1.82, 2.24) is 10.6 Å². The van der Waals surface area contributed by atoms with Crippen molar-refractivity contribution in [3.8, 4) is 0 Å². The maximum absolute atomic E-state index is 11.9. The van der Waals surface area contributed by atoms with Gasteiger partial charge in [0.15, 0.2) is 0 Å². The average molecular weight is 258 g/mol. The minimum absolute atomic E-state index is 0.220. The molecule has 1 aromatic rings. The van der Waals surface area contributed by atoms with Crippen molar-refractivity contribution in [2.75, 3.05) is 0 Å². The lowest BCUT2D eigenvalue weighted by Crippen LogP contribution is -2.32. The second-order valence-electron chi connectivity index (χ2n) is 5.72. The number of rotatable bonds is 4. The summed E-state index contributed by atoms with van der Waals surface area (Å²) in [6, 6.07) is 9.30. The third-order valence-corrected chi connectivity index (χ3v) is 4.35. The van der Waals surface area contributed by atoms with E-state index in [4.69, 9.17) is 0 Å². The van der Waals surface area contributed by atoms with Crippen LogP contribution in [0, 0.1) is 0 Å². The van der Waals surface area contributed by atoms with Crippen molar-refractivity contribution in [2.45, 2.75) is 57.2 Å². The lowest BCUT2D eigenvalue weighted by molar-refractivity contribution is -0.121. The van der Waals surface area contributed by atoms with Gasteiger partial charge in [-0.15, -0.1) is 0 Å². The monoisotopic (exact) mass is 258 g/mol. The fraction of sp³-hybridized carbons (Fsp3) is 0.562. The van der Waals surface area contributed by atoms with Crippen LogP contribution in [0.4, 0.5) is 0 Å². The van der Waals surface area contributed by atoms with Crippen molar-refractivity contribution < 1.29 is 4.79 Å². The van der Waals surface area contributed by atoms with Gasteiger partial charge in [-0.25, -0.2) is 0 Å². The first-order chi connectivity index (χ1) is 9.33. The zero-order valence-corrected chi connectivity index (χ0v) is 11.3. The van der Waals surface area contributed by atoms with Gasteiger partial charge in [0.05, 0.1) is 0 Å². The van der Waals surface area contributed by atoms with Crippen molar-refractivity contribution in [2.24, 2.45) is 0 Å². The summed E-state index contributed by atoms with van der Waals surface area (Å²) >= 11 is 0. The van der Waals surface area contributed by atoms with E-state index in [0.717, 1.165) is 25.8 Å². The summed E-state index contributed by atoms with van der Waals surface area (Å²) in [5, 5.41) is 6.65. The molecule has 102 valence electrons. The van der Waals surface area contributed by atoms with E-state index in [1.54, 1.807) is 0 Å². The largest absolute Gasteiger partial charge is 0.353 e. The van der Waals surface area contributed by atoms with Crippen molar-refractivity contribution in [3.63, 3.8) is 0 Å². The van der Waals surface area contributed by atoms with Crippen LogP contribution in [0.15, 0.2) is 24.3 Å². The number of amides is 1. The lowest BCUT2D eigenvalue weighted by atomic mass is 10.0. The quantitative estimate of drug-likeness (QED) is 0.871. The summed E-state index contributed by atoms with van der Waals surface area (Å²) in [7, 11) is 0. The van der Waals surface area contributed by atoms with Crippen molar-refractivity contribution in [3.05, 3.63) is 35.4 Å². The van der Waals surface area contributed by atoms with Gasteiger partial charge in [0.1, 0.15) is 0 Å². The van der Waals surface area contributed by atoms with Crippen LogP contribution in [-0.2, 0) is 11.3 Å². The van der Waals surface area contributed by atoms with Gasteiger partial charge in [-0.1, -0.05) is 37.1 Å². The summed E-state index contributed by atoms with van der Waals surface area (Å²) < 4.78 is 0. The van der Waals surface area contributed by atoms with Gasteiger partial charge in [-0.2, -0.15) is 0 Å². The molecule has 1 saturated carbocycles. The van der Waals surface area contributed by atoms with Crippen LogP contribution >= 0.6 is 0 Å². The van der Waals surface area contributed by atoms with E-state index in [1.165, 1.54) is 24.0 Å². The van der Waals surface area contributed by atoms with Gasteiger partial charge in [0.2, 0.25) is 5.91 Å². The second kappa shape index (κ2) is 5.74. The Labute approximate surface area is 114 Å². The first-order valence-corrected chi connectivity index (χ1v) is 7.43. The van der Waals surface area contributed by atoms with E-state index in [1.807, 2.05) is 0 Å². The summed E-state index contributed by atoms with van der Waals surface area (Å²) in [5.41, 5.74) is 2.75. The first kappa shape index (κ1) is 12.7. The Morgan fingerprint density at radius 1 is 1.26 bits per heavy atom. The number of carbonyl (C=O) groups excluding carboxylic acids is 1. The fourth-order valence-corrected chi connectivity index (χ4v) is 3.28. The zero-order valence-electron chi connectivity index (χ0n) is 11.3. The Bertz CT molecular complexity index is 452. The van der Waals surface area contributed by atoms with Gasteiger partial charge in [0.25, 0.3) is 0 Å². The van der Waals surface area contributed by atoms with E-state index < -0.39 is 0 Å². The number of benzene rings is 1. The van der Waals surface area contributed by atoms with Gasteiger partial charge in [-0.3, -0.25) is 4.79 Å². The second-order valence-corrected chi connectivity index (χ2v) is 5.72. The molecule has 1 fully saturated rings. The van der Waals surface area contributed by atoms with E-state index in [2.05, 4.69) is 34.9 Å². The molecule has 1 heterocycles. The Kier molecular flexibility index (Phi) is 3.83. The van der Waals surface area contributed by atoms with Crippen LogP contribution in [0.2, 0.25) is 0 Å². The molecule has 0 saturated heterocycles. The van der Waals surface area contributed by atoms with Crippen LogP contribution < -0.4 is 10.6 Å². The molecule has 1 aliphatic heterocycles. The topological polar surface area (TPSA) is 41.1 Å². The molecule has 2 aliphatic rings. The molecule has 0 bridgehead atoms. The minimum atomic E-state index is 0.220. The highest BCUT2D eigenvalue weighted by molar-refractivity contribution is 5.76. The Morgan fingerprint density at radius 2 is 2.05 bits per heavy atom. The Balaban J connectivity index is 1.49. The van der Waals surface area contributed by atoms with Crippen LogP contribution in [0.1, 0.15) is 55.7 Å². The predicted octanol–water partition coefficient (Wildman–Crippen LogP) is 2.67. The third kappa shape index (κ3) is 2.98. The minimum Gasteiger partial charge on any atom is -0.353 e. The fourth-order valence-electron chi connectivity index (χ4n) is 3.28. The molecule has 0 radical (unpaired) electrons. The van der Waals surface area contributed by atoms with Crippen LogP contribution in [0.5, 0.6) is 0 Å². The maximum atomic E-state index is 11.9. The maximum Gasteiger partial charge on any atom is 0.220 e. The number of carbonyl (C=O) groups is 1. The highest BCUT2D eigenvalue weighted by Crippen LogP contribution is 2.28. The summed E-state index contributed by atoms with van der Waals surface area (Å²) in [4.78, 5) is 11.9. The zero-order chi connectivity index (χ0) is 13.1. The molecule has 19 heavy (non-hydrogen) atoms. The van der Waals surface area contributed by atoms with Crippen molar-refractivity contribution in [1.29, 1.82) is 0 Å². The van der Waals surface area contributed by atoms with E-state index in [-0.39, 0.29) is 5.91 Å². The Morgan fingerprint density at radius 3 is 2.89 bits per heavy atom. The van der Waals surface area contributed by atoms with Gasteiger partial charge in [-0.05, 0) is 30.4 Å². The number of nitrogens with one attached hydrogen (secondary N) is 2. The lowest BCUT2D eigenvalue weighted by Gasteiger charge is -2.14. The van der Waals surface area contributed by atoms with E-state index in [9.17, 15) is 4.79 Å². The molecule has 1 atom stereocenters. The number of hydrogen-bond acceptors (Lipinski definition) is 2. The molecule has 2 N–H and O–H groups in total. The highest BCUT2D eigenvalue weighted by Gasteiger charge is 2.22. The molecule has 1 aromatic carbocycles. The first-order valence-electron chi connectivity index (χ1n) is 7.43. The molecule has 3 rings (SSSR count). The standard InChI is InChI=1S/C16H22N2O/c19-16(18-13-6-2-3-7-13)10-9-15-14-8-4-1-5-12(14)11-17-15/h1,4-5,8,13,15,17H,2-3,6-7,9-11H2,(H,18,19). The average Bonchev–Trinajstić information content (AvgIpc) is 3.05. The molecular weight excluding hydrogens is 236 g/mol. The molecule has 3 heteroatoms. The van der Waals surface area contributed by atoms with Crippen LogP contribution in [0.25, 0.3) is 0 Å². The molecule has 0 spiro atoms. The predicted molar refractivity (Wildman–Crippen MR) is 75.7 cm³/mol. The summed E-state index contributed by atoms with van der Waals surface area (Å²) in [5.74, 6) is 0.220. The molecule has 0 aromatic heterocycles. The van der Waals surface area contributed by atoms with Gasteiger partial charge < -0.3 is 10.6 Å². The third-order valence-electron chi connectivity index (χ3n) is 4.35. The molecular formula is C16H22N2O. The normalized spacial score (nSPS) is 22.4. The number of fused-ring (bicyclic) bond motifs is 1. The van der Waals surface area contributed by atoms with E-state index >= 15 is 0 Å². The van der Waals surface area contributed by atoms with Gasteiger partial charge in [0, 0.05) is 25.0 Å². The van der Waals surface area contributed by atoms with E-state index in [0.29, 0.717) is 18.5 Å².